The third-order valence-corrected chi connectivity index (χ3v) is 6.41. The topological polar surface area (TPSA) is 66.3 Å². The fraction of sp³-hybridized carbons (Fsp3) is 0.588. The largest absolute Gasteiger partial charge is 0.324 e. The van der Waals surface area contributed by atoms with Gasteiger partial charge in [-0.2, -0.15) is 5.10 Å². The molecule has 1 aliphatic carbocycles. The average Bonchev–Trinajstić information content (AvgIpc) is 2.92. The molecule has 2 fully saturated rings. The van der Waals surface area contributed by atoms with Crippen molar-refractivity contribution in [1.82, 2.24) is 24.6 Å². The summed E-state index contributed by atoms with van der Waals surface area (Å²) in [6, 6.07) is 2.42. The molecule has 0 unspecified atom stereocenters. The van der Waals surface area contributed by atoms with Crippen LogP contribution in [0.5, 0.6) is 0 Å². The molecule has 134 valence electrons. The Morgan fingerprint density at radius 3 is 2.88 bits per heavy atom. The molecule has 1 N–H and O–H groups in total. The zero-order chi connectivity index (χ0) is 17.4. The van der Waals surface area contributed by atoms with Crippen LogP contribution in [0.3, 0.4) is 0 Å². The number of thiazole rings is 1. The quantitative estimate of drug-likeness (QED) is 0.909. The Balaban J connectivity index is 1.29. The summed E-state index contributed by atoms with van der Waals surface area (Å²) in [6.45, 7) is 2.57. The molecule has 8 heteroatoms. The van der Waals surface area contributed by atoms with Crippen LogP contribution in [0.15, 0.2) is 23.8 Å². The standard InChI is InChI=1S/C17H24N6OS/c1-21(12-15-18-7-10-25-15)13-11-17(13)4-8-23(9-5-17)16(24)20-14-3-6-19-22(14)2/h3,6-7,10,13H,4-5,8-9,11-12H2,1-2H3,(H,20,24)/t13-/m1/s1. The number of aromatic nitrogens is 3. The minimum absolute atomic E-state index is 0.0215. The number of urea groups is 1. The molecule has 0 radical (unpaired) electrons. The smallest absolute Gasteiger partial charge is 0.322 e. The zero-order valence-electron chi connectivity index (χ0n) is 14.7. The van der Waals surface area contributed by atoms with Crippen LogP contribution in [0.2, 0.25) is 0 Å². The second-order valence-corrected chi connectivity index (χ2v) is 8.16. The minimum Gasteiger partial charge on any atom is -0.324 e. The summed E-state index contributed by atoms with van der Waals surface area (Å²) in [5.74, 6) is 0.734. The van der Waals surface area contributed by atoms with Crippen LogP contribution >= 0.6 is 11.3 Å². The lowest BCUT2D eigenvalue weighted by Crippen LogP contribution is -2.43. The first kappa shape index (κ1) is 16.5. The second-order valence-electron chi connectivity index (χ2n) is 7.18. The van der Waals surface area contributed by atoms with Crippen molar-refractivity contribution in [3.63, 3.8) is 0 Å². The van der Waals surface area contributed by atoms with Gasteiger partial charge < -0.3 is 4.90 Å². The first-order valence-corrected chi connectivity index (χ1v) is 9.58. The third-order valence-electron chi connectivity index (χ3n) is 5.65. The van der Waals surface area contributed by atoms with Crippen LogP contribution < -0.4 is 5.32 Å². The van der Waals surface area contributed by atoms with E-state index in [0.29, 0.717) is 11.5 Å². The van der Waals surface area contributed by atoms with E-state index in [1.165, 1.54) is 11.4 Å². The molecule has 4 rings (SSSR count). The van der Waals surface area contributed by atoms with Gasteiger partial charge in [0.05, 0.1) is 12.7 Å². The van der Waals surface area contributed by atoms with E-state index in [-0.39, 0.29) is 6.03 Å². The highest BCUT2D eigenvalue weighted by Crippen LogP contribution is 2.56. The third kappa shape index (κ3) is 3.28. The van der Waals surface area contributed by atoms with Gasteiger partial charge in [0.25, 0.3) is 0 Å². The van der Waals surface area contributed by atoms with Gasteiger partial charge in [-0.1, -0.05) is 0 Å². The van der Waals surface area contributed by atoms with Crippen LogP contribution in [0.4, 0.5) is 10.6 Å². The van der Waals surface area contributed by atoms with Crippen LogP contribution in [0.1, 0.15) is 24.3 Å². The number of nitrogens with one attached hydrogen (secondary N) is 1. The molecule has 0 bridgehead atoms. The van der Waals surface area contributed by atoms with Crippen molar-refractivity contribution >= 4 is 23.2 Å². The molecule has 2 amide bonds. The van der Waals surface area contributed by atoms with Gasteiger partial charge in [0.2, 0.25) is 0 Å². The lowest BCUT2D eigenvalue weighted by molar-refractivity contribution is 0.156. The van der Waals surface area contributed by atoms with Crippen LogP contribution in [-0.2, 0) is 13.6 Å². The number of amides is 2. The molecule has 1 saturated heterocycles. The van der Waals surface area contributed by atoms with Crippen molar-refractivity contribution in [2.24, 2.45) is 12.5 Å². The summed E-state index contributed by atoms with van der Waals surface area (Å²) >= 11 is 1.72. The van der Waals surface area contributed by atoms with Crippen molar-refractivity contribution in [3.05, 3.63) is 28.8 Å². The summed E-state index contributed by atoms with van der Waals surface area (Å²) in [6.07, 6.45) is 6.97. The maximum atomic E-state index is 12.4. The van der Waals surface area contributed by atoms with Gasteiger partial charge in [0, 0.05) is 43.8 Å². The van der Waals surface area contributed by atoms with Gasteiger partial charge >= 0.3 is 6.03 Å². The second kappa shape index (κ2) is 6.42. The predicted molar refractivity (Wildman–Crippen MR) is 97.5 cm³/mol. The van der Waals surface area contributed by atoms with Gasteiger partial charge in [-0.3, -0.25) is 14.9 Å². The number of anilines is 1. The van der Waals surface area contributed by atoms with E-state index in [1.54, 1.807) is 22.2 Å². The summed E-state index contributed by atoms with van der Waals surface area (Å²) in [5, 5.41) is 10.2. The van der Waals surface area contributed by atoms with Crippen molar-refractivity contribution < 1.29 is 4.79 Å². The Morgan fingerprint density at radius 2 is 2.24 bits per heavy atom. The Hall–Kier alpha value is -1.93. The monoisotopic (exact) mass is 360 g/mol. The van der Waals surface area contributed by atoms with E-state index >= 15 is 0 Å². The number of piperidine rings is 1. The predicted octanol–water partition coefficient (Wildman–Crippen LogP) is 2.40. The number of hydrogen-bond acceptors (Lipinski definition) is 5. The van der Waals surface area contributed by atoms with E-state index in [2.05, 4.69) is 27.3 Å². The van der Waals surface area contributed by atoms with Crippen LogP contribution in [-0.4, -0.2) is 56.8 Å². The number of nitrogens with zero attached hydrogens (tertiary/aromatic N) is 5. The molecule has 1 atom stereocenters. The number of aryl methyl sites for hydroxylation is 1. The number of rotatable bonds is 4. The zero-order valence-corrected chi connectivity index (χ0v) is 15.5. The van der Waals surface area contributed by atoms with E-state index in [4.69, 9.17) is 0 Å². The molecule has 1 saturated carbocycles. The fourth-order valence-corrected chi connectivity index (χ4v) is 4.66. The molecule has 1 spiro atoms. The molecule has 2 aromatic heterocycles. The summed E-state index contributed by atoms with van der Waals surface area (Å²) in [5.41, 5.74) is 0.398. The van der Waals surface area contributed by atoms with Crippen molar-refractivity contribution in [2.75, 3.05) is 25.5 Å². The summed E-state index contributed by atoms with van der Waals surface area (Å²) in [7, 11) is 4.02. The van der Waals surface area contributed by atoms with Crippen molar-refractivity contribution in [3.8, 4) is 0 Å². The minimum atomic E-state index is -0.0215. The molecule has 3 heterocycles. The summed E-state index contributed by atoms with van der Waals surface area (Å²) in [4.78, 5) is 21.2. The molecule has 2 aromatic rings. The maximum Gasteiger partial charge on any atom is 0.322 e. The van der Waals surface area contributed by atoms with Crippen LogP contribution in [0.25, 0.3) is 0 Å². The highest BCUT2D eigenvalue weighted by atomic mass is 32.1. The Labute approximate surface area is 151 Å². The number of carbonyl (C=O) groups is 1. The molecule has 25 heavy (non-hydrogen) atoms. The van der Waals surface area contributed by atoms with E-state index in [9.17, 15) is 4.79 Å². The first-order chi connectivity index (χ1) is 12.1. The number of likely N-dealkylation sites (tertiary alicyclic amines) is 1. The molecule has 1 aliphatic heterocycles. The van der Waals surface area contributed by atoms with Crippen molar-refractivity contribution in [1.29, 1.82) is 0 Å². The van der Waals surface area contributed by atoms with E-state index in [1.807, 2.05) is 29.6 Å². The lowest BCUT2D eigenvalue weighted by Gasteiger charge is -2.34. The van der Waals surface area contributed by atoms with Crippen LogP contribution in [0, 0.1) is 5.41 Å². The molecular formula is C17H24N6OS. The molecule has 0 aromatic carbocycles. The molecule has 7 nitrogen and oxygen atoms in total. The number of hydrogen-bond donors (Lipinski definition) is 1. The normalized spacial score (nSPS) is 21.7. The van der Waals surface area contributed by atoms with Gasteiger partial charge in [-0.15, -0.1) is 11.3 Å². The SMILES string of the molecule is CN(Cc1nccs1)[C@@H]1CC12CCN(C(=O)Nc1ccnn1C)CC2. The van der Waals surface area contributed by atoms with Gasteiger partial charge in [0.15, 0.2) is 0 Å². The Morgan fingerprint density at radius 1 is 1.44 bits per heavy atom. The Kier molecular flexibility index (Phi) is 4.24. The van der Waals surface area contributed by atoms with Gasteiger partial charge in [0.1, 0.15) is 10.8 Å². The molecular weight excluding hydrogens is 336 g/mol. The average molecular weight is 360 g/mol. The van der Waals surface area contributed by atoms with Gasteiger partial charge in [-0.05, 0) is 31.7 Å². The first-order valence-electron chi connectivity index (χ1n) is 8.70. The van der Waals surface area contributed by atoms with Crippen molar-refractivity contribution in [2.45, 2.75) is 31.8 Å². The van der Waals surface area contributed by atoms with E-state index in [0.717, 1.165) is 38.3 Å². The van der Waals surface area contributed by atoms with Gasteiger partial charge in [-0.25, -0.2) is 9.78 Å². The summed E-state index contributed by atoms with van der Waals surface area (Å²) < 4.78 is 1.67. The maximum absolute atomic E-state index is 12.4. The highest BCUT2D eigenvalue weighted by Gasteiger charge is 2.56. The van der Waals surface area contributed by atoms with E-state index < -0.39 is 0 Å². The lowest BCUT2D eigenvalue weighted by atomic mass is 9.92. The molecule has 2 aliphatic rings. The fourth-order valence-electron chi connectivity index (χ4n) is 3.98. The Bertz CT molecular complexity index is 734. The highest BCUT2D eigenvalue weighted by molar-refractivity contribution is 7.09. The number of carbonyl (C=O) groups excluding carboxylic acids is 1.